The van der Waals surface area contributed by atoms with E-state index in [2.05, 4.69) is 38.4 Å². The Balaban J connectivity index is 0.962. The van der Waals surface area contributed by atoms with E-state index in [1.54, 1.807) is 29.9 Å². The molecule has 53 heavy (non-hydrogen) atoms. The van der Waals surface area contributed by atoms with Crippen LogP contribution in [0.1, 0.15) is 63.8 Å². The van der Waals surface area contributed by atoms with Crippen molar-refractivity contribution in [1.82, 2.24) is 30.2 Å². The van der Waals surface area contributed by atoms with Crippen LogP contribution in [0.3, 0.4) is 0 Å². The Kier molecular flexibility index (Phi) is 8.54. The first kappa shape index (κ1) is 33.5. The van der Waals surface area contributed by atoms with Gasteiger partial charge in [-0.05, 0) is 80.5 Å². The number of hydrogen-bond donors (Lipinski definition) is 2. The molecule has 4 aromatic heterocycles. The number of aryl methyl sites for hydroxylation is 4. The van der Waals surface area contributed by atoms with Crippen molar-refractivity contribution in [1.29, 1.82) is 0 Å². The standard InChI is InChI=1S/C41H35N7O5/c1-23-18-25(38-44-22-34-31(45-38)10-7-17-48(34)33-12-5-11-32-30(33)19-24(2)41(52)47(32)3)21-43-37(23)40(51)42-16-6-8-26-20-29-27(9-4-13-35(29)53-26)28-14-15-36(49)46-39(28)50/h4-5,9,11-13,18-22,28H,7,10,14-17H2,1-3H3,(H,42,51)(H,46,49,50). The fraction of sp³-hybridized carbons (Fsp3) is 0.244. The summed E-state index contributed by atoms with van der Waals surface area (Å²) in [5, 5.41) is 6.98. The molecule has 1 saturated heterocycles. The number of carbonyl (C=O) groups excluding carboxylic acids is 3. The van der Waals surface area contributed by atoms with Crippen LogP contribution in [0.5, 0.6) is 0 Å². The molecule has 8 rings (SSSR count). The Morgan fingerprint density at radius 3 is 2.66 bits per heavy atom. The lowest BCUT2D eigenvalue weighted by Crippen LogP contribution is -2.39. The summed E-state index contributed by atoms with van der Waals surface area (Å²) < 4.78 is 7.58. The van der Waals surface area contributed by atoms with E-state index in [0.29, 0.717) is 40.3 Å². The van der Waals surface area contributed by atoms with Crippen LogP contribution >= 0.6 is 0 Å². The molecule has 2 aliphatic rings. The van der Waals surface area contributed by atoms with E-state index in [1.807, 2.05) is 56.4 Å². The average molecular weight is 706 g/mol. The molecular formula is C41H35N7O5. The monoisotopic (exact) mass is 705 g/mol. The van der Waals surface area contributed by atoms with Crippen LogP contribution in [-0.4, -0.2) is 50.3 Å². The molecule has 0 bridgehead atoms. The number of carbonyl (C=O) groups is 3. The van der Waals surface area contributed by atoms with Gasteiger partial charge >= 0.3 is 0 Å². The zero-order chi connectivity index (χ0) is 36.8. The van der Waals surface area contributed by atoms with Crippen molar-refractivity contribution >= 4 is 51.0 Å². The molecule has 3 amide bonds. The molecule has 2 N–H and O–H groups in total. The first-order valence-electron chi connectivity index (χ1n) is 17.5. The van der Waals surface area contributed by atoms with E-state index in [4.69, 9.17) is 14.4 Å². The van der Waals surface area contributed by atoms with E-state index >= 15 is 0 Å². The number of hydrogen-bond acceptors (Lipinski definition) is 9. The number of piperidine rings is 1. The maximum Gasteiger partial charge on any atom is 0.270 e. The van der Waals surface area contributed by atoms with E-state index in [1.165, 1.54) is 0 Å². The van der Waals surface area contributed by atoms with Crippen LogP contribution in [0.25, 0.3) is 33.3 Å². The van der Waals surface area contributed by atoms with Gasteiger partial charge in [0, 0.05) is 54.2 Å². The van der Waals surface area contributed by atoms with Crippen LogP contribution < -0.4 is 21.1 Å². The Bertz CT molecular complexity index is 2630. The van der Waals surface area contributed by atoms with E-state index < -0.39 is 5.92 Å². The number of imide groups is 1. The Hall–Kier alpha value is -6.61. The largest absolute Gasteiger partial charge is 0.448 e. The van der Waals surface area contributed by atoms with Gasteiger partial charge in [0.1, 0.15) is 11.3 Å². The number of benzene rings is 2. The SMILES string of the molecule is Cc1cc(-c2ncc3c(n2)CCCN3c2cccc3c2cc(C)c(=O)n3C)cnc1C(=O)NCC#Cc1cc2c(C3CCC(=O)NC3=O)cccc2o1. The predicted octanol–water partition coefficient (Wildman–Crippen LogP) is 5.14. The Morgan fingerprint density at radius 2 is 1.83 bits per heavy atom. The zero-order valence-electron chi connectivity index (χ0n) is 29.4. The smallest absolute Gasteiger partial charge is 0.270 e. The second kappa shape index (κ2) is 13.5. The highest BCUT2D eigenvalue weighted by Gasteiger charge is 2.30. The van der Waals surface area contributed by atoms with Crippen LogP contribution in [0, 0.1) is 25.7 Å². The summed E-state index contributed by atoms with van der Waals surface area (Å²) in [7, 11) is 1.80. The molecule has 6 heterocycles. The van der Waals surface area contributed by atoms with Gasteiger partial charge in [-0.1, -0.05) is 24.1 Å². The number of rotatable bonds is 5. The Labute approximate surface area is 304 Å². The van der Waals surface area contributed by atoms with Gasteiger partial charge in [-0.15, -0.1) is 0 Å². The maximum absolute atomic E-state index is 13.1. The third-order valence-corrected chi connectivity index (χ3v) is 9.96. The molecule has 0 aliphatic carbocycles. The number of anilines is 2. The van der Waals surface area contributed by atoms with Gasteiger partial charge < -0.3 is 19.2 Å². The third-order valence-electron chi connectivity index (χ3n) is 9.96. The molecule has 264 valence electrons. The van der Waals surface area contributed by atoms with Crippen molar-refractivity contribution < 1.29 is 18.8 Å². The maximum atomic E-state index is 13.1. The van der Waals surface area contributed by atoms with Crippen molar-refractivity contribution in [3.05, 3.63) is 111 Å². The van der Waals surface area contributed by atoms with Gasteiger partial charge in [0.2, 0.25) is 11.8 Å². The average Bonchev–Trinajstić information content (AvgIpc) is 3.58. The molecule has 0 radical (unpaired) electrons. The lowest BCUT2D eigenvalue weighted by Gasteiger charge is -2.31. The van der Waals surface area contributed by atoms with Gasteiger partial charge in [0.05, 0.1) is 41.2 Å². The molecule has 1 unspecified atom stereocenters. The first-order chi connectivity index (χ1) is 25.7. The van der Waals surface area contributed by atoms with Crippen molar-refractivity contribution in [2.75, 3.05) is 18.0 Å². The summed E-state index contributed by atoms with van der Waals surface area (Å²) in [6.07, 6.45) is 5.88. The van der Waals surface area contributed by atoms with Gasteiger partial charge in [-0.3, -0.25) is 29.5 Å². The van der Waals surface area contributed by atoms with Crippen molar-refractivity contribution in [3.8, 4) is 23.2 Å². The highest BCUT2D eigenvalue weighted by Crippen LogP contribution is 2.37. The van der Waals surface area contributed by atoms with Crippen molar-refractivity contribution in [2.24, 2.45) is 7.05 Å². The van der Waals surface area contributed by atoms with Gasteiger partial charge in [0.25, 0.3) is 11.5 Å². The molecule has 0 spiro atoms. The number of amides is 3. The molecule has 12 heteroatoms. The summed E-state index contributed by atoms with van der Waals surface area (Å²) in [6.45, 7) is 4.53. The topological polar surface area (TPSA) is 152 Å². The Morgan fingerprint density at radius 1 is 0.981 bits per heavy atom. The van der Waals surface area contributed by atoms with Gasteiger partial charge in [0.15, 0.2) is 11.6 Å². The van der Waals surface area contributed by atoms with E-state index in [9.17, 15) is 19.2 Å². The highest BCUT2D eigenvalue weighted by molar-refractivity contribution is 6.03. The zero-order valence-corrected chi connectivity index (χ0v) is 29.4. The summed E-state index contributed by atoms with van der Waals surface area (Å²) in [4.78, 5) is 66.1. The minimum absolute atomic E-state index is 0.00801. The first-order valence-corrected chi connectivity index (χ1v) is 17.5. The molecule has 0 saturated carbocycles. The van der Waals surface area contributed by atoms with Crippen LogP contribution in [-0.2, 0) is 23.1 Å². The number of furan rings is 1. The fourth-order valence-electron chi connectivity index (χ4n) is 7.32. The van der Waals surface area contributed by atoms with E-state index in [0.717, 1.165) is 58.3 Å². The summed E-state index contributed by atoms with van der Waals surface area (Å²) in [5.41, 5.74) is 7.45. The lowest BCUT2D eigenvalue weighted by molar-refractivity contribution is -0.134. The summed E-state index contributed by atoms with van der Waals surface area (Å²) >= 11 is 0. The number of nitrogens with zero attached hydrogens (tertiary/aromatic N) is 5. The molecular weight excluding hydrogens is 670 g/mol. The molecule has 1 fully saturated rings. The number of fused-ring (bicyclic) bond motifs is 3. The van der Waals surface area contributed by atoms with Gasteiger partial charge in [-0.25, -0.2) is 9.97 Å². The quantitative estimate of drug-likeness (QED) is 0.184. The van der Waals surface area contributed by atoms with Crippen LogP contribution in [0.15, 0.2) is 76.2 Å². The fourth-order valence-corrected chi connectivity index (χ4v) is 7.32. The lowest BCUT2D eigenvalue weighted by atomic mass is 9.88. The third kappa shape index (κ3) is 6.20. The van der Waals surface area contributed by atoms with Crippen molar-refractivity contribution in [3.63, 3.8) is 0 Å². The highest BCUT2D eigenvalue weighted by atomic mass is 16.3. The molecule has 2 aromatic carbocycles. The number of pyridine rings is 2. The predicted molar refractivity (Wildman–Crippen MR) is 200 cm³/mol. The second-order valence-corrected chi connectivity index (χ2v) is 13.4. The second-order valence-electron chi connectivity index (χ2n) is 13.4. The number of nitrogens with one attached hydrogen (secondary N) is 2. The molecule has 6 aromatic rings. The summed E-state index contributed by atoms with van der Waals surface area (Å²) in [5.74, 6) is 5.43. The number of aromatic nitrogens is 4. The summed E-state index contributed by atoms with van der Waals surface area (Å²) in [6, 6.07) is 17.1. The molecule has 12 nitrogen and oxygen atoms in total. The van der Waals surface area contributed by atoms with Crippen LogP contribution in [0.4, 0.5) is 11.4 Å². The minimum Gasteiger partial charge on any atom is -0.448 e. The van der Waals surface area contributed by atoms with Crippen molar-refractivity contribution in [2.45, 2.75) is 45.4 Å². The molecule has 2 aliphatic heterocycles. The van der Waals surface area contributed by atoms with Gasteiger partial charge in [-0.2, -0.15) is 0 Å². The normalized spacial score (nSPS) is 15.5. The minimum atomic E-state index is -0.440. The van der Waals surface area contributed by atoms with E-state index in [-0.39, 0.29) is 41.9 Å². The van der Waals surface area contributed by atoms with Crippen LogP contribution in [0.2, 0.25) is 0 Å². The molecule has 1 atom stereocenters.